The molecule has 0 atom stereocenters. The van der Waals surface area contributed by atoms with E-state index in [1.54, 1.807) is 6.07 Å². The Hall–Kier alpha value is -3.97. The first-order chi connectivity index (χ1) is 16.9. The molecular formula is C34H29F. The monoisotopic (exact) mass is 456 g/mol. The van der Waals surface area contributed by atoms with E-state index in [0.717, 1.165) is 44.5 Å². The molecule has 0 aliphatic carbocycles. The van der Waals surface area contributed by atoms with Gasteiger partial charge >= 0.3 is 0 Å². The minimum absolute atomic E-state index is 0.212. The van der Waals surface area contributed by atoms with Crippen molar-refractivity contribution in [1.29, 1.82) is 0 Å². The summed E-state index contributed by atoms with van der Waals surface area (Å²) in [7, 11) is 0. The van der Waals surface area contributed by atoms with Crippen LogP contribution >= 0.6 is 0 Å². The highest BCUT2D eigenvalue weighted by atomic mass is 19.1. The zero-order valence-corrected chi connectivity index (χ0v) is 20.7. The molecule has 0 aliphatic rings. The maximum atomic E-state index is 16.2. The van der Waals surface area contributed by atoms with Crippen molar-refractivity contribution in [3.63, 3.8) is 0 Å². The molecule has 0 saturated heterocycles. The van der Waals surface area contributed by atoms with Crippen molar-refractivity contribution < 1.29 is 4.39 Å². The van der Waals surface area contributed by atoms with Crippen LogP contribution in [0.3, 0.4) is 0 Å². The molecule has 0 N–H and O–H groups in total. The minimum atomic E-state index is -0.212. The molecule has 1 heteroatoms. The molecule has 0 unspecified atom stereocenters. The van der Waals surface area contributed by atoms with Gasteiger partial charge in [0, 0.05) is 11.1 Å². The van der Waals surface area contributed by atoms with Crippen LogP contribution in [0.2, 0.25) is 0 Å². The first kappa shape index (κ1) is 22.8. The zero-order valence-electron chi connectivity index (χ0n) is 20.7. The minimum Gasteiger partial charge on any atom is -0.206 e. The van der Waals surface area contributed by atoms with E-state index in [1.807, 2.05) is 24.3 Å². The van der Waals surface area contributed by atoms with Gasteiger partial charge in [-0.05, 0) is 67.1 Å². The molecule has 0 amide bonds. The van der Waals surface area contributed by atoms with Crippen molar-refractivity contribution in [2.45, 2.75) is 27.7 Å². The first-order valence-corrected chi connectivity index (χ1v) is 12.1. The summed E-state index contributed by atoms with van der Waals surface area (Å²) in [6.07, 6.45) is 0. The number of aryl methyl sites for hydroxylation is 4. The summed E-state index contributed by atoms with van der Waals surface area (Å²) < 4.78 is 16.2. The van der Waals surface area contributed by atoms with Gasteiger partial charge in [0.1, 0.15) is 5.82 Å². The Balaban J connectivity index is 1.93. The third-order valence-corrected chi connectivity index (χ3v) is 6.66. The topological polar surface area (TPSA) is 0 Å². The molecule has 35 heavy (non-hydrogen) atoms. The van der Waals surface area contributed by atoms with Gasteiger partial charge < -0.3 is 0 Å². The van der Waals surface area contributed by atoms with Gasteiger partial charge in [-0.25, -0.2) is 4.39 Å². The molecule has 5 rings (SSSR count). The standard InChI is InChI=1S/C34H29F/c1-22-5-13-26(14-6-22)30-21-31(35)33(28-17-9-24(3)10-18-28)34(29-19-11-25(4)12-20-29)32(30)27-15-7-23(2)8-16-27/h5-21H,1-4H3. The van der Waals surface area contributed by atoms with Crippen molar-refractivity contribution in [2.75, 3.05) is 0 Å². The Morgan fingerprint density at radius 3 is 1.09 bits per heavy atom. The second kappa shape index (κ2) is 9.35. The average molecular weight is 457 g/mol. The van der Waals surface area contributed by atoms with Crippen molar-refractivity contribution in [1.82, 2.24) is 0 Å². The smallest absolute Gasteiger partial charge is 0.132 e. The fraction of sp³-hybridized carbons (Fsp3) is 0.118. The van der Waals surface area contributed by atoms with Gasteiger partial charge in [0.05, 0.1) is 0 Å². The molecule has 0 nitrogen and oxygen atoms in total. The molecule has 5 aromatic rings. The van der Waals surface area contributed by atoms with Crippen LogP contribution in [0.1, 0.15) is 22.3 Å². The Morgan fingerprint density at radius 1 is 0.371 bits per heavy atom. The summed E-state index contributed by atoms with van der Waals surface area (Å²) in [5, 5.41) is 0. The summed E-state index contributed by atoms with van der Waals surface area (Å²) in [6.45, 7) is 8.30. The van der Waals surface area contributed by atoms with Gasteiger partial charge in [-0.15, -0.1) is 0 Å². The van der Waals surface area contributed by atoms with E-state index in [4.69, 9.17) is 0 Å². The molecule has 0 radical (unpaired) electrons. The largest absolute Gasteiger partial charge is 0.206 e. The lowest BCUT2D eigenvalue weighted by Gasteiger charge is -2.22. The molecule has 0 heterocycles. The number of halogens is 1. The highest BCUT2D eigenvalue weighted by molar-refractivity contribution is 6.01. The quantitative estimate of drug-likeness (QED) is 0.252. The highest BCUT2D eigenvalue weighted by Gasteiger charge is 2.23. The van der Waals surface area contributed by atoms with Crippen LogP contribution < -0.4 is 0 Å². The molecule has 0 spiro atoms. The van der Waals surface area contributed by atoms with Crippen LogP contribution in [0.25, 0.3) is 44.5 Å². The van der Waals surface area contributed by atoms with Crippen molar-refractivity contribution >= 4 is 0 Å². The van der Waals surface area contributed by atoms with E-state index >= 15 is 4.39 Å². The Kier molecular flexibility index (Phi) is 6.09. The van der Waals surface area contributed by atoms with Crippen LogP contribution in [0.15, 0.2) is 103 Å². The predicted molar refractivity (Wildman–Crippen MR) is 147 cm³/mol. The van der Waals surface area contributed by atoms with Crippen LogP contribution in [0.5, 0.6) is 0 Å². The van der Waals surface area contributed by atoms with Crippen molar-refractivity contribution in [2.24, 2.45) is 0 Å². The summed E-state index contributed by atoms with van der Waals surface area (Å²) in [5.41, 5.74) is 12.2. The third kappa shape index (κ3) is 4.55. The lowest BCUT2D eigenvalue weighted by molar-refractivity contribution is 0.632. The van der Waals surface area contributed by atoms with Gasteiger partial charge in [-0.1, -0.05) is 119 Å². The zero-order chi connectivity index (χ0) is 24.5. The van der Waals surface area contributed by atoms with E-state index < -0.39 is 0 Å². The van der Waals surface area contributed by atoms with Gasteiger partial charge in [0.25, 0.3) is 0 Å². The lowest BCUT2D eigenvalue weighted by Crippen LogP contribution is -1.98. The summed E-state index contributed by atoms with van der Waals surface area (Å²) in [6, 6.07) is 35.2. The Labute approximate surface area is 207 Å². The van der Waals surface area contributed by atoms with Gasteiger partial charge in [-0.2, -0.15) is 0 Å². The van der Waals surface area contributed by atoms with E-state index in [1.165, 1.54) is 16.7 Å². The van der Waals surface area contributed by atoms with E-state index in [9.17, 15) is 0 Å². The van der Waals surface area contributed by atoms with Gasteiger partial charge in [0.15, 0.2) is 0 Å². The van der Waals surface area contributed by atoms with Crippen LogP contribution in [0, 0.1) is 33.5 Å². The van der Waals surface area contributed by atoms with Crippen LogP contribution in [-0.4, -0.2) is 0 Å². The predicted octanol–water partition coefficient (Wildman–Crippen LogP) is 9.73. The molecule has 5 aromatic carbocycles. The van der Waals surface area contributed by atoms with Gasteiger partial charge in [-0.3, -0.25) is 0 Å². The summed E-state index contributed by atoms with van der Waals surface area (Å²) >= 11 is 0. The maximum Gasteiger partial charge on any atom is 0.132 e. The Morgan fingerprint density at radius 2 is 0.686 bits per heavy atom. The average Bonchev–Trinajstić information content (AvgIpc) is 2.86. The van der Waals surface area contributed by atoms with Crippen molar-refractivity contribution in [3.8, 4) is 44.5 Å². The third-order valence-electron chi connectivity index (χ3n) is 6.66. The summed E-state index contributed by atoms with van der Waals surface area (Å²) in [4.78, 5) is 0. The Bertz CT molecular complexity index is 1470. The normalized spacial score (nSPS) is 11.0. The lowest BCUT2D eigenvalue weighted by atomic mass is 9.82. The second-order valence-electron chi connectivity index (χ2n) is 9.50. The van der Waals surface area contributed by atoms with Crippen LogP contribution in [0.4, 0.5) is 4.39 Å². The second-order valence-corrected chi connectivity index (χ2v) is 9.50. The van der Waals surface area contributed by atoms with E-state index in [2.05, 4.69) is 100 Å². The number of hydrogen-bond acceptors (Lipinski definition) is 0. The summed E-state index contributed by atoms with van der Waals surface area (Å²) in [5.74, 6) is -0.212. The van der Waals surface area contributed by atoms with Gasteiger partial charge in [0.2, 0.25) is 0 Å². The molecule has 172 valence electrons. The number of rotatable bonds is 4. The van der Waals surface area contributed by atoms with Crippen LogP contribution in [-0.2, 0) is 0 Å². The van der Waals surface area contributed by atoms with E-state index in [-0.39, 0.29) is 5.82 Å². The molecular weight excluding hydrogens is 427 g/mol. The highest BCUT2D eigenvalue weighted by Crippen LogP contribution is 2.47. The van der Waals surface area contributed by atoms with E-state index in [0.29, 0.717) is 5.56 Å². The molecule has 0 aliphatic heterocycles. The number of benzene rings is 5. The molecule has 0 bridgehead atoms. The molecule has 0 fully saturated rings. The first-order valence-electron chi connectivity index (χ1n) is 12.1. The molecule has 0 aromatic heterocycles. The van der Waals surface area contributed by atoms with Crippen molar-refractivity contribution in [3.05, 3.63) is 131 Å². The fourth-order valence-electron chi connectivity index (χ4n) is 4.64. The fourth-order valence-corrected chi connectivity index (χ4v) is 4.64. The molecule has 0 saturated carbocycles. The number of hydrogen-bond donors (Lipinski definition) is 0. The maximum absolute atomic E-state index is 16.2. The SMILES string of the molecule is Cc1ccc(-c2cc(F)c(-c3ccc(C)cc3)c(-c3ccc(C)cc3)c2-c2ccc(C)cc2)cc1.